The average molecular weight is 342 g/mol. The summed E-state index contributed by atoms with van der Waals surface area (Å²) in [6, 6.07) is 18.6. The van der Waals surface area contributed by atoms with Crippen molar-refractivity contribution in [2.45, 2.75) is 33.0 Å². The minimum Gasteiger partial charge on any atom is -0.493 e. The molecule has 0 aliphatic heterocycles. The van der Waals surface area contributed by atoms with E-state index in [1.165, 1.54) is 0 Å². The summed E-state index contributed by atoms with van der Waals surface area (Å²) < 4.78 is 17.2. The number of para-hydroxylation sites is 1. The van der Waals surface area contributed by atoms with Gasteiger partial charge in [-0.25, -0.2) is 4.79 Å². The molecule has 0 spiro atoms. The van der Waals surface area contributed by atoms with E-state index in [1.54, 1.807) is 12.1 Å². The first-order chi connectivity index (χ1) is 12.1. The van der Waals surface area contributed by atoms with Crippen LogP contribution in [0.15, 0.2) is 60.7 Å². The highest BCUT2D eigenvalue weighted by Crippen LogP contribution is 2.16. The number of rotatable bonds is 9. The number of hydrogen-bond donors (Lipinski definition) is 0. The Morgan fingerprint density at radius 2 is 1.48 bits per heavy atom. The summed E-state index contributed by atoms with van der Waals surface area (Å²) in [5, 5.41) is 0. The van der Waals surface area contributed by atoms with Crippen LogP contribution >= 0.6 is 0 Å². The lowest BCUT2D eigenvalue weighted by Gasteiger charge is -2.25. The molecular formula is C21H26O4. The first-order valence-corrected chi connectivity index (χ1v) is 8.61. The molecule has 2 unspecified atom stereocenters. The van der Waals surface area contributed by atoms with Crippen molar-refractivity contribution in [1.82, 2.24) is 0 Å². The van der Waals surface area contributed by atoms with Crippen LogP contribution in [0.4, 0.5) is 0 Å². The largest absolute Gasteiger partial charge is 0.493 e. The molecule has 134 valence electrons. The average Bonchev–Trinajstić information content (AvgIpc) is 2.63. The topological polar surface area (TPSA) is 44.8 Å². The molecule has 2 aromatic carbocycles. The van der Waals surface area contributed by atoms with Gasteiger partial charge >= 0.3 is 5.97 Å². The summed E-state index contributed by atoms with van der Waals surface area (Å²) in [5.74, 6) is 0.399. The summed E-state index contributed by atoms with van der Waals surface area (Å²) >= 11 is 0. The molecule has 0 saturated heterocycles. The Morgan fingerprint density at radius 3 is 2.08 bits per heavy atom. The van der Waals surface area contributed by atoms with Crippen molar-refractivity contribution in [3.05, 3.63) is 66.2 Å². The van der Waals surface area contributed by atoms with Crippen molar-refractivity contribution < 1.29 is 19.0 Å². The molecule has 0 amide bonds. The van der Waals surface area contributed by atoms with E-state index in [2.05, 4.69) is 0 Å². The van der Waals surface area contributed by atoms with Gasteiger partial charge in [0, 0.05) is 0 Å². The second kappa shape index (κ2) is 9.84. The zero-order chi connectivity index (χ0) is 18.1. The van der Waals surface area contributed by atoms with E-state index >= 15 is 0 Å². The fourth-order valence-corrected chi connectivity index (χ4v) is 2.26. The normalized spacial score (nSPS) is 13.3. The molecule has 0 aliphatic carbocycles. The zero-order valence-corrected chi connectivity index (χ0v) is 15.1. The third kappa shape index (κ3) is 6.59. The van der Waals surface area contributed by atoms with Gasteiger partial charge in [0.05, 0.1) is 30.8 Å². The van der Waals surface area contributed by atoms with Crippen molar-refractivity contribution in [2.24, 2.45) is 5.92 Å². The SMILES string of the molecule is CC(C)OCC(COc1ccccc1)C(C)OC(=O)c1ccccc1. The summed E-state index contributed by atoms with van der Waals surface area (Å²) in [4.78, 5) is 12.3. The molecule has 0 saturated carbocycles. The lowest BCUT2D eigenvalue weighted by Crippen LogP contribution is -2.33. The first-order valence-electron chi connectivity index (χ1n) is 8.61. The quantitative estimate of drug-likeness (QED) is 0.636. The number of carbonyl (C=O) groups excluding carboxylic acids is 1. The van der Waals surface area contributed by atoms with Crippen LogP contribution in [-0.4, -0.2) is 31.4 Å². The molecule has 0 aromatic heterocycles. The molecule has 0 aliphatic rings. The molecule has 4 nitrogen and oxygen atoms in total. The second-order valence-corrected chi connectivity index (χ2v) is 6.24. The summed E-state index contributed by atoms with van der Waals surface area (Å²) in [7, 11) is 0. The number of hydrogen-bond acceptors (Lipinski definition) is 4. The van der Waals surface area contributed by atoms with E-state index in [-0.39, 0.29) is 24.1 Å². The molecular weight excluding hydrogens is 316 g/mol. The lowest BCUT2D eigenvalue weighted by molar-refractivity contribution is -0.0260. The van der Waals surface area contributed by atoms with E-state index in [0.717, 1.165) is 5.75 Å². The van der Waals surface area contributed by atoms with Gasteiger partial charge in [0.2, 0.25) is 0 Å². The van der Waals surface area contributed by atoms with E-state index < -0.39 is 0 Å². The highest BCUT2D eigenvalue weighted by molar-refractivity contribution is 5.89. The number of esters is 1. The molecule has 25 heavy (non-hydrogen) atoms. The Balaban J connectivity index is 1.96. The van der Waals surface area contributed by atoms with Crippen LogP contribution in [0.5, 0.6) is 5.75 Å². The van der Waals surface area contributed by atoms with Crippen LogP contribution in [0.1, 0.15) is 31.1 Å². The van der Waals surface area contributed by atoms with E-state index in [0.29, 0.717) is 18.8 Å². The maximum absolute atomic E-state index is 12.3. The van der Waals surface area contributed by atoms with Crippen LogP contribution < -0.4 is 4.74 Å². The van der Waals surface area contributed by atoms with E-state index in [4.69, 9.17) is 14.2 Å². The fraction of sp³-hybridized carbons (Fsp3) is 0.381. The van der Waals surface area contributed by atoms with E-state index in [1.807, 2.05) is 69.3 Å². The third-order valence-corrected chi connectivity index (χ3v) is 3.82. The molecule has 0 bridgehead atoms. The summed E-state index contributed by atoms with van der Waals surface area (Å²) in [6.45, 7) is 6.72. The Labute approximate surface area is 149 Å². The molecule has 0 radical (unpaired) electrons. The number of carbonyl (C=O) groups is 1. The minimum absolute atomic E-state index is 0.0599. The zero-order valence-electron chi connectivity index (χ0n) is 15.1. The second-order valence-electron chi connectivity index (χ2n) is 6.24. The van der Waals surface area contributed by atoms with Gasteiger partial charge in [-0.1, -0.05) is 36.4 Å². The number of ether oxygens (including phenoxy) is 3. The van der Waals surface area contributed by atoms with Gasteiger partial charge in [-0.2, -0.15) is 0 Å². The molecule has 2 rings (SSSR count). The van der Waals surface area contributed by atoms with Crippen LogP contribution in [0.2, 0.25) is 0 Å². The molecule has 2 atom stereocenters. The smallest absolute Gasteiger partial charge is 0.338 e. The van der Waals surface area contributed by atoms with Crippen molar-refractivity contribution in [3.8, 4) is 5.75 Å². The van der Waals surface area contributed by atoms with Gasteiger partial charge in [0.25, 0.3) is 0 Å². The third-order valence-electron chi connectivity index (χ3n) is 3.82. The van der Waals surface area contributed by atoms with Crippen LogP contribution in [0, 0.1) is 5.92 Å². The van der Waals surface area contributed by atoms with Gasteiger partial charge in [-0.15, -0.1) is 0 Å². The van der Waals surface area contributed by atoms with Crippen molar-refractivity contribution in [2.75, 3.05) is 13.2 Å². The predicted molar refractivity (Wildman–Crippen MR) is 97.8 cm³/mol. The van der Waals surface area contributed by atoms with Gasteiger partial charge in [0.15, 0.2) is 0 Å². The van der Waals surface area contributed by atoms with Crippen LogP contribution in [0.25, 0.3) is 0 Å². The van der Waals surface area contributed by atoms with Crippen LogP contribution in [0.3, 0.4) is 0 Å². The van der Waals surface area contributed by atoms with Gasteiger partial charge in [-0.3, -0.25) is 0 Å². The highest BCUT2D eigenvalue weighted by Gasteiger charge is 2.23. The van der Waals surface area contributed by atoms with Gasteiger partial charge in [-0.05, 0) is 45.0 Å². The Kier molecular flexibility index (Phi) is 7.48. The minimum atomic E-state index is -0.331. The summed E-state index contributed by atoms with van der Waals surface area (Å²) in [5.41, 5.74) is 0.543. The molecule has 0 N–H and O–H groups in total. The maximum Gasteiger partial charge on any atom is 0.338 e. The number of benzene rings is 2. The first kappa shape index (κ1) is 19.0. The van der Waals surface area contributed by atoms with Crippen molar-refractivity contribution >= 4 is 5.97 Å². The van der Waals surface area contributed by atoms with Crippen molar-refractivity contribution in [3.63, 3.8) is 0 Å². The van der Waals surface area contributed by atoms with Gasteiger partial charge in [0.1, 0.15) is 11.9 Å². The maximum atomic E-state index is 12.3. The Morgan fingerprint density at radius 1 is 0.880 bits per heavy atom. The van der Waals surface area contributed by atoms with Crippen molar-refractivity contribution in [1.29, 1.82) is 0 Å². The lowest BCUT2D eigenvalue weighted by atomic mass is 10.1. The molecule has 0 heterocycles. The molecule has 2 aromatic rings. The molecule has 4 heteroatoms. The summed E-state index contributed by atoms with van der Waals surface area (Å²) in [6.07, 6.45) is -0.216. The van der Waals surface area contributed by atoms with Crippen LogP contribution in [-0.2, 0) is 9.47 Å². The van der Waals surface area contributed by atoms with Gasteiger partial charge < -0.3 is 14.2 Å². The standard InChI is InChI=1S/C21H26O4/c1-16(2)23-14-19(15-24-20-12-8-5-9-13-20)17(3)25-21(22)18-10-6-4-7-11-18/h4-13,16-17,19H,14-15H2,1-3H3. The Hall–Kier alpha value is -2.33. The van der Waals surface area contributed by atoms with E-state index in [9.17, 15) is 4.79 Å². The predicted octanol–water partition coefficient (Wildman–Crippen LogP) is 4.35. The monoisotopic (exact) mass is 342 g/mol. The fourth-order valence-electron chi connectivity index (χ4n) is 2.26. The molecule has 0 fully saturated rings. The Bertz CT molecular complexity index is 625. The highest BCUT2D eigenvalue weighted by atomic mass is 16.5.